The highest BCUT2D eigenvalue weighted by Gasteiger charge is 2.41. The molecule has 132 valence electrons. The smallest absolute Gasteiger partial charge is 0.253 e. The summed E-state index contributed by atoms with van der Waals surface area (Å²) in [4.78, 5) is 20.4. The van der Waals surface area contributed by atoms with Crippen LogP contribution in [0.4, 0.5) is 5.69 Å². The summed E-state index contributed by atoms with van der Waals surface area (Å²) in [5, 5.41) is 5.07. The largest absolute Gasteiger partial charge is 0.364 e. The fourth-order valence-corrected chi connectivity index (χ4v) is 4.68. The second-order valence-corrected chi connectivity index (χ2v) is 7.94. The van der Waals surface area contributed by atoms with Crippen molar-refractivity contribution < 1.29 is 9.53 Å². The number of carbonyl (C=O) groups excluding carboxylic acids is 1. The average molecular weight is 357 g/mol. The number of pyridine rings is 1. The van der Waals surface area contributed by atoms with Crippen LogP contribution >= 0.6 is 11.3 Å². The molecule has 0 aromatic carbocycles. The number of carbonyl (C=O) groups is 1. The molecule has 0 saturated carbocycles. The molecule has 2 aliphatic heterocycles. The molecule has 25 heavy (non-hydrogen) atoms. The first-order valence-corrected chi connectivity index (χ1v) is 9.68. The van der Waals surface area contributed by atoms with Crippen LogP contribution in [0.1, 0.15) is 23.3 Å². The summed E-state index contributed by atoms with van der Waals surface area (Å²) in [6, 6.07) is 5.84. The number of rotatable bonds is 4. The van der Waals surface area contributed by atoms with Gasteiger partial charge in [0.1, 0.15) is 6.10 Å². The van der Waals surface area contributed by atoms with Gasteiger partial charge in [-0.15, -0.1) is 11.3 Å². The molecule has 0 bridgehead atoms. The summed E-state index contributed by atoms with van der Waals surface area (Å²) in [5.41, 5.74) is 2.09. The van der Waals surface area contributed by atoms with Crippen molar-refractivity contribution in [1.29, 1.82) is 0 Å². The Bertz CT molecular complexity index is 733. The third-order valence-electron chi connectivity index (χ3n) is 5.19. The highest BCUT2D eigenvalue weighted by atomic mass is 32.1. The molecule has 0 unspecified atom stereocenters. The molecule has 4 rings (SSSR count). The van der Waals surface area contributed by atoms with E-state index < -0.39 is 0 Å². The van der Waals surface area contributed by atoms with Crippen LogP contribution in [0.2, 0.25) is 0 Å². The van der Waals surface area contributed by atoms with Crippen LogP contribution in [0.25, 0.3) is 0 Å². The highest BCUT2D eigenvalue weighted by Crippen LogP contribution is 2.34. The van der Waals surface area contributed by atoms with E-state index in [9.17, 15) is 4.79 Å². The number of likely N-dealkylation sites (tertiary alicyclic amines) is 1. The van der Waals surface area contributed by atoms with Gasteiger partial charge in [0.15, 0.2) is 0 Å². The number of hydrogen-bond acceptors (Lipinski definition) is 5. The quantitative estimate of drug-likeness (QED) is 0.914. The number of amides is 1. The summed E-state index contributed by atoms with van der Waals surface area (Å²) in [5.74, 6) is 0.438. The second-order valence-electron chi connectivity index (χ2n) is 6.94. The van der Waals surface area contributed by atoms with E-state index in [1.54, 1.807) is 12.4 Å². The van der Waals surface area contributed by atoms with Crippen LogP contribution in [0.5, 0.6) is 0 Å². The van der Waals surface area contributed by atoms with E-state index in [4.69, 9.17) is 4.74 Å². The molecular formula is C19H23N3O2S. The first kappa shape index (κ1) is 16.7. The van der Waals surface area contributed by atoms with Gasteiger partial charge in [-0.05, 0) is 61.4 Å². The number of nitrogens with one attached hydrogen (secondary N) is 1. The molecule has 3 atom stereocenters. The van der Waals surface area contributed by atoms with Gasteiger partial charge in [0.2, 0.25) is 0 Å². The Hall–Kier alpha value is -1.76. The first-order valence-electron chi connectivity index (χ1n) is 8.81. The van der Waals surface area contributed by atoms with Gasteiger partial charge < -0.3 is 10.1 Å². The first-order chi connectivity index (χ1) is 12.2. The number of piperidine rings is 1. The zero-order valence-corrected chi connectivity index (χ0v) is 15.2. The predicted molar refractivity (Wildman–Crippen MR) is 98.6 cm³/mol. The number of aryl methyl sites for hydroxylation is 1. The van der Waals surface area contributed by atoms with E-state index in [0.717, 1.165) is 38.2 Å². The zero-order chi connectivity index (χ0) is 17.2. The number of ether oxygens (including phenoxy) is 1. The molecule has 6 heteroatoms. The third kappa shape index (κ3) is 3.76. The van der Waals surface area contributed by atoms with Crippen molar-refractivity contribution in [2.75, 3.05) is 18.4 Å². The number of hydrogen-bond donors (Lipinski definition) is 1. The Kier molecular flexibility index (Phi) is 4.83. The topological polar surface area (TPSA) is 54.5 Å². The molecule has 0 radical (unpaired) electrons. The summed E-state index contributed by atoms with van der Waals surface area (Å²) < 4.78 is 6.11. The second kappa shape index (κ2) is 7.23. The normalized spacial score (nSPS) is 26.4. The number of aromatic nitrogens is 1. The van der Waals surface area contributed by atoms with E-state index in [-0.39, 0.29) is 18.1 Å². The van der Waals surface area contributed by atoms with Gasteiger partial charge in [-0.2, -0.15) is 0 Å². The summed E-state index contributed by atoms with van der Waals surface area (Å²) in [6.45, 7) is 5.16. The number of fused-ring (bicyclic) bond motifs is 1. The van der Waals surface area contributed by atoms with E-state index in [1.165, 1.54) is 10.4 Å². The van der Waals surface area contributed by atoms with Crippen LogP contribution in [0.15, 0.2) is 36.0 Å². The van der Waals surface area contributed by atoms with Gasteiger partial charge in [0.25, 0.3) is 5.91 Å². The lowest BCUT2D eigenvalue weighted by molar-refractivity contribution is -0.127. The predicted octanol–water partition coefficient (Wildman–Crippen LogP) is 3.07. The summed E-state index contributed by atoms with van der Waals surface area (Å²) in [6.07, 6.45) is 5.09. The van der Waals surface area contributed by atoms with E-state index in [1.807, 2.05) is 23.5 Å². The summed E-state index contributed by atoms with van der Waals surface area (Å²) >= 11 is 1.82. The molecular weight excluding hydrogens is 334 g/mol. The van der Waals surface area contributed by atoms with Gasteiger partial charge in [-0.3, -0.25) is 14.7 Å². The number of anilines is 1. The SMILES string of the molecule is Cc1ccsc1CN1CC[C@@H]2C[C@H](C(=O)Nc3cccnc3)O[C@H]2C1. The Balaban J connectivity index is 1.33. The fraction of sp³-hybridized carbons (Fsp3) is 0.474. The van der Waals surface area contributed by atoms with Gasteiger partial charge in [0, 0.05) is 24.2 Å². The molecule has 2 aromatic rings. The Labute approximate surface area is 152 Å². The third-order valence-corrected chi connectivity index (χ3v) is 6.20. The lowest BCUT2D eigenvalue weighted by atomic mass is 9.91. The molecule has 0 aliphatic carbocycles. The minimum atomic E-state index is -0.348. The number of thiophene rings is 1. The van der Waals surface area contributed by atoms with Crippen molar-refractivity contribution >= 4 is 22.9 Å². The highest BCUT2D eigenvalue weighted by molar-refractivity contribution is 7.10. The fourth-order valence-electron chi connectivity index (χ4n) is 3.74. The molecule has 2 fully saturated rings. The Morgan fingerprint density at radius 2 is 2.40 bits per heavy atom. The maximum absolute atomic E-state index is 12.5. The van der Waals surface area contributed by atoms with E-state index in [2.05, 4.69) is 33.6 Å². The molecule has 5 nitrogen and oxygen atoms in total. The van der Waals surface area contributed by atoms with Gasteiger partial charge >= 0.3 is 0 Å². The molecule has 1 amide bonds. The Morgan fingerprint density at radius 3 is 3.16 bits per heavy atom. The number of nitrogens with zero attached hydrogens (tertiary/aromatic N) is 2. The van der Waals surface area contributed by atoms with Crippen LogP contribution in [-0.2, 0) is 16.1 Å². The lowest BCUT2D eigenvalue weighted by Gasteiger charge is -2.33. The van der Waals surface area contributed by atoms with Crippen molar-refractivity contribution in [2.24, 2.45) is 5.92 Å². The Morgan fingerprint density at radius 1 is 1.48 bits per heavy atom. The minimum absolute atomic E-state index is 0.0527. The summed E-state index contributed by atoms with van der Waals surface area (Å²) in [7, 11) is 0. The van der Waals surface area contributed by atoms with Crippen molar-refractivity contribution in [2.45, 2.75) is 38.5 Å². The maximum Gasteiger partial charge on any atom is 0.253 e. The average Bonchev–Trinajstić information content (AvgIpc) is 3.22. The molecule has 0 spiro atoms. The van der Waals surface area contributed by atoms with Crippen LogP contribution in [0, 0.1) is 12.8 Å². The van der Waals surface area contributed by atoms with Crippen LogP contribution in [-0.4, -0.2) is 41.1 Å². The lowest BCUT2D eigenvalue weighted by Crippen LogP contribution is -2.41. The van der Waals surface area contributed by atoms with Crippen LogP contribution < -0.4 is 5.32 Å². The zero-order valence-electron chi connectivity index (χ0n) is 14.4. The maximum atomic E-state index is 12.5. The minimum Gasteiger partial charge on any atom is -0.364 e. The van der Waals surface area contributed by atoms with E-state index in [0.29, 0.717) is 5.92 Å². The molecule has 2 aliphatic rings. The van der Waals surface area contributed by atoms with Crippen LogP contribution in [0.3, 0.4) is 0 Å². The van der Waals surface area contributed by atoms with Gasteiger partial charge in [-0.25, -0.2) is 0 Å². The van der Waals surface area contributed by atoms with Gasteiger partial charge in [-0.1, -0.05) is 0 Å². The van der Waals surface area contributed by atoms with Crippen molar-refractivity contribution in [3.05, 3.63) is 46.4 Å². The van der Waals surface area contributed by atoms with Crippen molar-refractivity contribution in [3.63, 3.8) is 0 Å². The molecule has 2 saturated heterocycles. The van der Waals surface area contributed by atoms with Crippen molar-refractivity contribution in [3.8, 4) is 0 Å². The van der Waals surface area contributed by atoms with E-state index >= 15 is 0 Å². The van der Waals surface area contributed by atoms with Gasteiger partial charge in [0.05, 0.1) is 18.0 Å². The van der Waals surface area contributed by atoms with Crippen molar-refractivity contribution in [1.82, 2.24) is 9.88 Å². The molecule has 4 heterocycles. The standard InChI is InChI=1S/C19H23N3O2S/c1-13-5-8-25-18(13)12-22-7-4-14-9-16(24-17(14)11-22)19(23)21-15-3-2-6-20-10-15/h2-3,5-6,8,10,14,16-17H,4,7,9,11-12H2,1H3,(H,21,23)/t14-,16-,17+/m1/s1. The molecule has 1 N–H and O–H groups in total. The molecule has 2 aromatic heterocycles. The monoisotopic (exact) mass is 357 g/mol.